The monoisotopic (exact) mass is 468 g/mol. The minimum absolute atomic E-state index is 0.0294. The summed E-state index contributed by atoms with van der Waals surface area (Å²) >= 11 is 0. The van der Waals surface area contributed by atoms with Gasteiger partial charge in [0.05, 0.1) is 0 Å². The summed E-state index contributed by atoms with van der Waals surface area (Å²) in [6.45, 7) is 0.238. The zero-order valence-electron chi connectivity index (χ0n) is 19.1. The molecule has 0 radical (unpaired) electrons. The lowest BCUT2D eigenvalue weighted by molar-refractivity contribution is -0.143. The number of benzene rings is 2. The van der Waals surface area contributed by atoms with E-state index in [1.165, 1.54) is 9.80 Å². The predicted octanol–water partition coefficient (Wildman–Crippen LogP) is 1.63. The van der Waals surface area contributed by atoms with Gasteiger partial charge in [-0.1, -0.05) is 24.3 Å². The number of nitrogens with zero attached hydrogens (tertiary/aromatic N) is 2. The fourth-order valence-electron chi connectivity index (χ4n) is 3.61. The first-order chi connectivity index (χ1) is 16.1. The molecule has 0 aromatic heterocycles. The number of nitrogens with one attached hydrogen (secondary N) is 1. The third kappa shape index (κ3) is 6.25. The van der Waals surface area contributed by atoms with E-state index >= 15 is 0 Å². The Morgan fingerprint density at radius 3 is 2.32 bits per heavy atom. The van der Waals surface area contributed by atoms with Crippen molar-refractivity contribution in [1.82, 2.24) is 15.1 Å². The highest BCUT2D eigenvalue weighted by atomic mass is 16.6. The van der Waals surface area contributed by atoms with Gasteiger partial charge >= 0.3 is 12.1 Å². The van der Waals surface area contributed by atoms with Crippen LogP contribution in [-0.4, -0.2) is 65.0 Å². The summed E-state index contributed by atoms with van der Waals surface area (Å²) < 4.78 is 5.15. The molecule has 2 aromatic rings. The fraction of sp³-hybridized carbons (Fsp3) is 0.333. The SMILES string of the molecule is CN(C)C(=O)Oc1ccc(C[C@H](NC(=O)[C@@H]2CCC(=O)N2Cc2ccc(N)cc2)C(=O)O)cc1. The van der Waals surface area contributed by atoms with Gasteiger partial charge in [-0.3, -0.25) is 9.59 Å². The molecule has 0 saturated carbocycles. The van der Waals surface area contributed by atoms with Gasteiger partial charge in [-0.25, -0.2) is 9.59 Å². The third-order valence-corrected chi connectivity index (χ3v) is 5.51. The first-order valence-corrected chi connectivity index (χ1v) is 10.8. The Labute approximate surface area is 197 Å². The molecule has 1 heterocycles. The van der Waals surface area contributed by atoms with Crippen LogP contribution in [0.2, 0.25) is 0 Å². The van der Waals surface area contributed by atoms with Crippen molar-refractivity contribution in [2.24, 2.45) is 0 Å². The van der Waals surface area contributed by atoms with E-state index in [1.54, 1.807) is 62.6 Å². The average molecular weight is 469 g/mol. The summed E-state index contributed by atoms with van der Waals surface area (Å²) in [7, 11) is 3.12. The van der Waals surface area contributed by atoms with E-state index in [0.717, 1.165) is 5.56 Å². The number of aliphatic carboxylic acids is 1. The second kappa shape index (κ2) is 10.7. The van der Waals surface area contributed by atoms with Crippen LogP contribution in [-0.2, 0) is 27.3 Å². The number of hydrogen-bond acceptors (Lipinski definition) is 6. The first kappa shape index (κ1) is 24.6. The topological polar surface area (TPSA) is 142 Å². The average Bonchev–Trinajstić information content (AvgIpc) is 3.16. The number of carboxylic acids is 1. The molecular weight excluding hydrogens is 440 g/mol. The maximum atomic E-state index is 12.9. The zero-order valence-corrected chi connectivity index (χ0v) is 19.1. The van der Waals surface area contributed by atoms with Crippen LogP contribution in [0, 0.1) is 0 Å². The van der Waals surface area contributed by atoms with Crippen molar-refractivity contribution in [3.63, 3.8) is 0 Å². The van der Waals surface area contributed by atoms with Gasteiger partial charge in [0.15, 0.2) is 0 Å². The van der Waals surface area contributed by atoms with Crippen molar-refractivity contribution in [1.29, 1.82) is 0 Å². The molecule has 0 aliphatic carbocycles. The summed E-state index contributed by atoms with van der Waals surface area (Å²) in [5.41, 5.74) is 7.76. The number of carbonyl (C=O) groups excluding carboxylic acids is 3. The molecule has 0 bridgehead atoms. The Kier molecular flexibility index (Phi) is 7.72. The molecule has 34 heavy (non-hydrogen) atoms. The molecule has 1 aliphatic rings. The van der Waals surface area contributed by atoms with Gasteiger partial charge in [0.1, 0.15) is 17.8 Å². The lowest BCUT2D eigenvalue weighted by Crippen LogP contribution is -2.50. The smallest absolute Gasteiger partial charge is 0.414 e. The van der Waals surface area contributed by atoms with E-state index < -0.39 is 30.1 Å². The molecule has 0 spiro atoms. The van der Waals surface area contributed by atoms with Crippen molar-refractivity contribution in [2.45, 2.75) is 37.9 Å². The van der Waals surface area contributed by atoms with Crippen LogP contribution < -0.4 is 15.8 Å². The molecule has 180 valence electrons. The highest BCUT2D eigenvalue weighted by molar-refractivity contribution is 5.93. The van der Waals surface area contributed by atoms with Gasteiger partial charge in [-0.2, -0.15) is 0 Å². The van der Waals surface area contributed by atoms with E-state index in [2.05, 4.69) is 5.32 Å². The van der Waals surface area contributed by atoms with E-state index in [0.29, 0.717) is 23.4 Å². The standard InChI is InChI=1S/C24H28N4O6/c1-27(2)24(33)34-18-9-5-15(6-10-18)13-19(23(31)32)26-22(30)20-11-12-21(29)28(20)14-16-3-7-17(25)8-4-16/h3-10,19-20H,11-14,25H2,1-2H3,(H,26,30)(H,31,32)/t19-,20-/m0/s1. The van der Waals surface area contributed by atoms with E-state index in [9.17, 15) is 24.3 Å². The van der Waals surface area contributed by atoms with Crippen LogP contribution in [0.15, 0.2) is 48.5 Å². The minimum Gasteiger partial charge on any atom is -0.480 e. The van der Waals surface area contributed by atoms with Crippen LogP contribution in [0.1, 0.15) is 24.0 Å². The Morgan fingerprint density at radius 2 is 1.74 bits per heavy atom. The normalized spacial score (nSPS) is 16.1. The summed E-state index contributed by atoms with van der Waals surface area (Å²) in [5.74, 6) is -1.54. The van der Waals surface area contributed by atoms with Crippen LogP contribution >= 0.6 is 0 Å². The molecule has 1 saturated heterocycles. The van der Waals surface area contributed by atoms with Crippen molar-refractivity contribution in [3.8, 4) is 5.75 Å². The molecule has 0 unspecified atom stereocenters. The first-order valence-electron chi connectivity index (χ1n) is 10.8. The number of amides is 3. The van der Waals surface area contributed by atoms with Gasteiger partial charge in [0, 0.05) is 39.2 Å². The molecule has 1 aliphatic heterocycles. The number of hydrogen-bond donors (Lipinski definition) is 3. The minimum atomic E-state index is -1.19. The quantitative estimate of drug-likeness (QED) is 0.500. The Morgan fingerprint density at radius 1 is 1.12 bits per heavy atom. The van der Waals surface area contributed by atoms with Crippen molar-refractivity contribution >= 4 is 29.6 Å². The molecule has 4 N–H and O–H groups in total. The van der Waals surface area contributed by atoms with Crippen LogP contribution in [0.4, 0.5) is 10.5 Å². The largest absolute Gasteiger partial charge is 0.480 e. The number of likely N-dealkylation sites (tertiary alicyclic amines) is 1. The maximum Gasteiger partial charge on any atom is 0.414 e. The second-order valence-corrected chi connectivity index (χ2v) is 8.33. The van der Waals surface area contributed by atoms with Gasteiger partial charge in [0.25, 0.3) is 0 Å². The van der Waals surface area contributed by atoms with E-state index in [4.69, 9.17) is 10.5 Å². The predicted molar refractivity (Wildman–Crippen MR) is 124 cm³/mol. The van der Waals surface area contributed by atoms with Crippen LogP contribution in [0.25, 0.3) is 0 Å². The molecule has 2 aromatic carbocycles. The van der Waals surface area contributed by atoms with Crippen molar-refractivity contribution in [2.75, 3.05) is 19.8 Å². The number of carbonyl (C=O) groups is 4. The Balaban J connectivity index is 1.64. The number of ether oxygens (including phenoxy) is 1. The lowest BCUT2D eigenvalue weighted by atomic mass is 10.0. The molecule has 2 atom stereocenters. The summed E-state index contributed by atoms with van der Waals surface area (Å²) in [4.78, 5) is 51.5. The van der Waals surface area contributed by atoms with Crippen LogP contribution in [0.5, 0.6) is 5.75 Å². The number of nitrogens with two attached hydrogens (primary N) is 1. The number of anilines is 1. The van der Waals surface area contributed by atoms with E-state index in [1.807, 2.05) is 0 Å². The summed E-state index contributed by atoms with van der Waals surface area (Å²) in [6.07, 6.45) is 0.0373. The van der Waals surface area contributed by atoms with Crippen molar-refractivity contribution < 1.29 is 29.0 Å². The summed E-state index contributed by atoms with van der Waals surface area (Å²) in [6, 6.07) is 11.5. The molecule has 1 fully saturated rings. The fourth-order valence-corrected chi connectivity index (χ4v) is 3.61. The molecular formula is C24H28N4O6. The Hall–Kier alpha value is -4.08. The third-order valence-electron chi connectivity index (χ3n) is 5.51. The number of nitrogen functional groups attached to an aromatic ring is 1. The van der Waals surface area contributed by atoms with Crippen molar-refractivity contribution in [3.05, 3.63) is 59.7 Å². The highest BCUT2D eigenvalue weighted by Crippen LogP contribution is 2.23. The molecule has 10 heteroatoms. The zero-order chi connectivity index (χ0) is 24.8. The summed E-state index contributed by atoms with van der Waals surface area (Å²) in [5, 5.41) is 12.2. The van der Waals surface area contributed by atoms with E-state index in [-0.39, 0.29) is 25.3 Å². The lowest BCUT2D eigenvalue weighted by Gasteiger charge is -2.26. The van der Waals surface area contributed by atoms with Gasteiger partial charge in [-0.05, 0) is 41.8 Å². The number of rotatable bonds is 8. The van der Waals surface area contributed by atoms with Crippen LogP contribution in [0.3, 0.4) is 0 Å². The highest BCUT2D eigenvalue weighted by Gasteiger charge is 2.37. The molecule has 3 amide bonds. The second-order valence-electron chi connectivity index (χ2n) is 8.33. The van der Waals surface area contributed by atoms with Gasteiger partial charge < -0.3 is 30.7 Å². The maximum absolute atomic E-state index is 12.9. The van der Waals surface area contributed by atoms with Gasteiger partial charge in [0.2, 0.25) is 11.8 Å². The number of carboxylic acid groups (broad SMARTS) is 1. The molecule has 10 nitrogen and oxygen atoms in total. The Bertz CT molecular complexity index is 1050. The molecule has 3 rings (SSSR count). The van der Waals surface area contributed by atoms with Gasteiger partial charge in [-0.15, -0.1) is 0 Å².